The molecule has 1 aromatic rings. The summed E-state index contributed by atoms with van der Waals surface area (Å²) in [6, 6.07) is 0. The fourth-order valence-electron chi connectivity index (χ4n) is 1.02. The topological polar surface area (TPSA) is 79.3 Å². The molecule has 2 atom stereocenters. The number of carboxylic acid groups (broad SMARTS) is 1. The first kappa shape index (κ1) is 13.1. The fourth-order valence-corrected chi connectivity index (χ4v) is 2.15. The van der Waals surface area contributed by atoms with Gasteiger partial charge in [-0.15, -0.1) is 0 Å². The van der Waals surface area contributed by atoms with Crippen molar-refractivity contribution in [2.24, 2.45) is 0 Å². The zero-order chi connectivity index (χ0) is 12.3. The van der Waals surface area contributed by atoms with E-state index >= 15 is 0 Å². The van der Waals surface area contributed by atoms with E-state index in [0.29, 0.717) is 17.4 Å². The Morgan fingerprint density at radius 2 is 2.31 bits per heavy atom. The standard InChI is InChI=1S/C9H14N2O3S2/c1-5(16(3)14)4-10-9-11-6(2)7(15-9)8(12)13/h5H,4H2,1-3H3,(H,10,11)(H,12,13). The Morgan fingerprint density at radius 3 is 2.75 bits per heavy atom. The quantitative estimate of drug-likeness (QED) is 0.837. The molecule has 0 bridgehead atoms. The number of carbonyl (C=O) groups is 1. The van der Waals surface area contributed by atoms with E-state index in [1.54, 1.807) is 13.2 Å². The van der Waals surface area contributed by atoms with Crippen LogP contribution in [0, 0.1) is 6.92 Å². The maximum absolute atomic E-state index is 11.1. The van der Waals surface area contributed by atoms with E-state index in [1.807, 2.05) is 6.92 Å². The van der Waals surface area contributed by atoms with Gasteiger partial charge in [0, 0.05) is 28.9 Å². The first-order valence-electron chi connectivity index (χ1n) is 4.68. The lowest BCUT2D eigenvalue weighted by molar-refractivity contribution is 0.0701. The molecule has 0 saturated carbocycles. The summed E-state index contributed by atoms with van der Waals surface area (Å²) in [4.78, 5) is 15.1. The van der Waals surface area contributed by atoms with Crippen molar-refractivity contribution < 1.29 is 14.1 Å². The van der Waals surface area contributed by atoms with Gasteiger partial charge in [-0.1, -0.05) is 11.3 Å². The zero-order valence-electron chi connectivity index (χ0n) is 9.31. The van der Waals surface area contributed by atoms with Gasteiger partial charge in [0.15, 0.2) is 5.13 Å². The van der Waals surface area contributed by atoms with Gasteiger partial charge in [-0.3, -0.25) is 4.21 Å². The molecule has 16 heavy (non-hydrogen) atoms. The Hall–Kier alpha value is -0.950. The largest absolute Gasteiger partial charge is 0.477 e. The summed E-state index contributed by atoms with van der Waals surface area (Å²) in [5.41, 5.74) is 0.505. The number of nitrogens with one attached hydrogen (secondary N) is 1. The highest BCUT2D eigenvalue weighted by atomic mass is 32.2. The summed E-state index contributed by atoms with van der Waals surface area (Å²) >= 11 is 1.10. The van der Waals surface area contributed by atoms with Crippen LogP contribution < -0.4 is 5.32 Å². The van der Waals surface area contributed by atoms with Crippen LogP contribution in [-0.4, -0.2) is 38.3 Å². The average Bonchev–Trinajstić information content (AvgIpc) is 2.56. The number of rotatable bonds is 5. The van der Waals surface area contributed by atoms with Crippen molar-refractivity contribution >= 4 is 33.2 Å². The highest BCUT2D eigenvalue weighted by molar-refractivity contribution is 7.84. The van der Waals surface area contributed by atoms with E-state index in [9.17, 15) is 9.00 Å². The number of aryl methyl sites for hydroxylation is 1. The highest BCUT2D eigenvalue weighted by Gasteiger charge is 2.14. The van der Waals surface area contributed by atoms with Crippen molar-refractivity contribution in [1.29, 1.82) is 0 Å². The smallest absolute Gasteiger partial charge is 0.347 e. The summed E-state index contributed by atoms with van der Waals surface area (Å²) < 4.78 is 11.1. The van der Waals surface area contributed by atoms with Gasteiger partial charge >= 0.3 is 5.97 Å². The van der Waals surface area contributed by atoms with Gasteiger partial charge in [0.25, 0.3) is 0 Å². The number of aromatic carboxylic acids is 1. The maximum atomic E-state index is 11.1. The fraction of sp³-hybridized carbons (Fsp3) is 0.556. The van der Waals surface area contributed by atoms with Crippen LogP contribution in [0.15, 0.2) is 0 Å². The number of anilines is 1. The van der Waals surface area contributed by atoms with Crippen LogP contribution in [0.1, 0.15) is 22.3 Å². The molecule has 1 heterocycles. The van der Waals surface area contributed by atoms with E-state index in [2.05, 4.69) is 10.3 Å². The molecule has 0 saturated heterocycles. The third-order valence-corrected chi connectivity index (χ3v) is 4.50. The Labute approximate surface area is 100 Å². The Kier molecular flexibility index (Phi) is 4.43. The summed E-state index contributed by atoms with van der Waals surface area (Å²) in [7, 11) is -0.893. The molecule has 90 valence electrons. The molecule has 1 rings (SSSR count). The van der Waals surface area contributed by atoms with E-state index in [1.165, 1.54) is 0 Å². The molecule has 7 heteroatoms. The van der Waals surface area contributed by atoms with Gasteiger partial charge in [-0.2, -0.15) is 0 Å². The molecule has 0 radical (unpaired) electrons. The number of carboxylic acids is 1. The zero-order valence-corrected chi connectivity index (χ0v) is 10.9. The van der Waals surface area contributed by atoms with E-state index in [-0.39, 0.29) is 10.1 Å². The van der Waals surface area contributed by atoms with E-state index in [0.717, 1.165) is 11.3 Å². The minimum Gasteiger partial charge on any atom is -0.477 e. The molecule has 0 aromatic carbocycles. The predicted octanol–water partition coefficient (Wildman–Crippen LogP) is 1.33. The number of hydrogen-bond donors (Lipinski definition) is 2. The molecule has 0 fully saturated rings. The molecule has 5 nitrogen and oxygen atoms in total. The summed E-state index contributed by atoms with van der Waals surface area (Å²) in [5.74, 6) is -0.963. The highest BCUT2D eigenvalue weighted by Crippen LogP contribution is 2.22. The first-order chi connectivity index (χ1) is 7.41. The molecule has 0 aliphatic heterocycles. The van der Waals surface area contributed by atoms with Gasteiger partial charge < -0.3 is 10.4 Å². The molecule has 0 aliphatic carbocycles. The van der Waals surface area contributed by atoms with Gasteiger partial charge in [-0.25, -0.2) is 9.78 Å². The summed E-state index contributed by atoms with van der Waals surface area (Å²) in [6.07, 6.45) is 1.64. The van der Waals surface area contributed by atoms with Gasteiger partial charge in [0.1, 0.15) is 4.88 Å². The second kappa shape index (κ2) is 5.40. The van der Waals surface area contributed by atoms with Crippen molar-refractivity contribution in [3.05, 3.63) is 10.6 Å². The van der Waals surface area contributed by atoms with Crippen molar-refractivity contribution in [3.8, 4) is 0 Å². The van der Waals surface area contributed by atoms with Crippen molar-refractivity contribution in [3.63, 3.8) is 0 Å². The summed E-state index contributed by atoms with van der Waals surface area (Å²) in [6.45, 7) is 4.04. The van der Waals surface area contributed by atoms with Crippen LogP contribution in [0.2, 0.25) is 0 Å². The second-order valence-corrected chi connectivity index (χ2v) is 6.23. The molecule has 2 unspecified atom stereocenters. The van der Waals surface area contributed by atoms with Gasteiger partial charge in [0.05, 0.1) is 5.69 Å². The van der Waals surface area contributed by atoms with Crippen LogP contribution in [0.4, 0.5) is 5.13 Å². The van der Waals surface area contributed by atoms with Crippen LogP contribution in [0.3, 0.4) is 0 Å². The monoisotopic (exact) mass is 262 g/mol. The lowest BCUT2D eigenvalue weighted by Gasteiger charge is -2.07. The van der Waals surface area contributed by atoms with Crippen molar-refractivity contribution in [2.45, 2.75) is 19.1 Å². The van der Waals surface area contributed by atoms with Crippen LogP contribution in [0.5, 0.6) is 0 Å². The average molecular weight is 262 g/mol. The number of aromatic nitrogens is 1. The second-order valence-electron chi connectivity index (χ2n) is 3.43. The lowest BCUT2D eigenvalue weighted by atomic mass is 10.4. The molecule has 0 aliphatic rings. The first-order valence-corrected chi connectivity index (χ1v) is 7.12. The third kappa shape index (κ3) is 3.28. The van der Waals surface area contributed by atoms with E-state index < -0.39 is 16.8 Å². The van der Waals surface area contributed by atoms with Crippen LogP contribution >= 0.6 is 11.3 Å². The molecular formula is C9H14N2O3S2. The SMILES string of the molecule is Cc1nc(NCC(C)S(C)=O)sc1C(=O)O. The van der Waals surface area contributed by atoms with Gasteiger partial charge in [-0.05, 0) is 13.8 Å². The number of hydrogen-bond acceptors (Lipinski definition) is 5. The lowest BCUT2D eigenvalue weighted by Crippen LogP contribution is -2.20. The van der Waals surface area contributed by atoms with Crippen molar-refractivity contribution in [1.82, 2.24) is 4.98 Å². The molecule has 2 N–H and O–H groups in total. The Balaban J connectivity index is 2.65. The summed E-state index contributed by atoms with van der Waals surface area (Å²) in [5, 5.41) is 12.4. The minimum atomic E-state index is -0.963. The van der Waals surface area contributed by atoms with Crippen LogP contribution in [-0.2, 0) is 10.8 Å². The predicted molar refractivity (Wildman–Crippen MR) is 65.8 cm³/mol. The Bertz CT molecular complexity index is 417. The molecule has 0 amide bonds. The molecule has 1 aromatic heterocycles. The third-order valence-electron chi connectivity index (χ3n) is 2.10. The number of thiazole rings is 1. The minimum absolute atomic E-state index is 0.0116. The van der Waals surface area contributed by atoms with Crippen molar-refractivity contribution in [2.75, 3.05) is 18.1 Å². The van der Waals surface area contributed by atoms with Gasteiger partial charge in [0.2, 0.25) is 0 Å². The molecule has 0 spiro atoms. The Morgan fingerprint density at radius 1 is 1.69 bits per heavy atom. The normalized spacial score (nSPS) is 14.4. The molecular weight excluding hydrogens is 248 g/mol. The van der Waals surface area contributed by atoms with E-state index in [4.69, 9.17) is 5.11 Å². The maximum Gasteiger partial charge on any atom is 0.347 e. The number of nitrogens with zero attached hydrogens (tertiary/aromatic N) is 1. The van der Waals surface area contributed by atoms with Crippen LogP contribution in [0.25, 0.3) is 0 Å².